The number of rotatable bonds is 3. The molecule has 0 fully saturated rings. The summed E-state index contributed by atoms with van der Waals surface area (Å²) in [6, 6.07) is 20.6. The molecular weight excluding hydrogens is 338 g/mol. The zero-order valence-electron chi connectivity index (χ0n) is 14.6. The number of aryl methyl sites for hydroxylation is 1. The van der Waals surface area contributed by atoms with Crippen molar-refractivity contribution in [2.45, 2.75) is 6.92 Å². The van der Waals surface area contributed by atoms with Gasteiger partial charge < -0.3 is 4.57 Å². The molecule has 0 aliphatic carbocycles. The average Bonchev–Trinajstić information content (AvgIpc) is 3.26. The Morgan fingerprint density at radius 2 is 1.85 bits per heavy atom. The third-order valence-corrected chi connectivity index (χ3v) is 5.54. The molecule has 4 rings (SSSR count). The number of aromatic nitrogens is 2. The largest absolute Gasteiger partial charge is 0.347 e. The highest BCUT2D eigenvalue weighted by molar-refractivity contribution is 7.11. The molecule has 0 aliphatic heterocycles. The molecule has 126 valence electrons. The number of fused-ring (bicyclic) bond motifs is 1. The second-order valence-electron chi connectivity index (χ2n) is 6.15. The second-order valence-corrected chi connectivity index (χ2v) is 7.01. The molecule has 0 bridgehead atoms. The normalized spacial score (nSPS) is 11.7. The van der Waals surface area contributed by atoms with E-state index in [9.17, 15) is 5.26 Å². The Morgan fingerprint density at radius 1 is 1.12 bits per heavy atom. The van der Waals surface area contributed by atoms with Crippen LogP contribution in [0.15, 0.2) is 60.0 Å². The molecule has 2 heterocycles. The molecule has 0 aliphatic rings. The van der Waals surface area contributed by atoms with Crippen LogP contribution >= 0.6 is 11.3 Å². The summed E-state index contributed by atoms with van der Waals surface area (Å²) < 4.78 is 2.16. The van der Waals surface area contributed by atoms with Gasteiger partial charge in [-0.3, -0.25) is 0 Å². The van der Waals surface area contributed by atoms with Gasteiger partial charge >= 0.3 is 0 Å². The van der Waals surface area contributed by atoms with E-state index in [1.54, 1.807) is 0 Å². The highest BCUT2D eigenvalue weighted by Gasteiger charge is 2.13. The van der Waals surface area contributed by atoms with Crippen LogP contribution in [0.1, 0.15) is 16.3 Å². The minimum absolute atomic E-state index is 0.594. The van der Waals surface area contributed by atoms with Crippen LogP contribution in [0.3, 0.4) is 0 Å². The van der Waals surface area contributed by atoms with Crippen LogP contribution in [0.2, 0.25) is 0 Å². The van der Waals surface area contributed by atoms with Crippen molar-refractivity contribution in [2.75, 3.05) is 0 Å². The minimum Gasteiger partial charge on any atom is -0.347 e. The van der Waals surface area contributed by atoms with E-state index in [1.807, 2.05) is 53.9 Å². The SMILES string of the molecule is Cc1c(/C=C(/C#N)c2nc(-c3ccccc3)cs2)c2ccccc2n1C. The first-order chi connectivity index (χ1) is 12.7. The van der Waals surface area contributed by atoms with Gasteiger partial charge in [-0.2, -0.15) is 5.26 Å². The van der Waals surface area contributed by atoms with Gasteiger partial charge in [0.25, 0.3) is 0 Å². The van der Waals surface area contributed by atoms with Gasteiger partial charge in [-0.25, -0.2) is 4.98 Å². The van der Waals surface area contributed by atoms with Gasteiger partial charge in [0.1, 0.15) is 11.1 Å². The number of allylic oxidation sites excluding steroid dienone is 1. The molecule has 0 unspecified atom stereocenters. The molecule has 2 aromatic carbocycles. The predicted molar refractivity (Wildman–Crippen MR) is 109 cm³/mol. The third-order valence-electron chi connectivity index (χ3n) is 4.66. The van der Waals surface area contributed by atoms with Crippen molar-refractivity contribution in [3.8, 4) is 17.3 Å². The molecule has 0 N–H and O–H groups in total. The Bertz CT molecular complexity index is 1160. The molecule has 0 atom stereocenters. The van der Waals surface area contributed by atoms with Gasteiger partial charge in [0.2, 0.25) is 0 Å². The van der Waals surface area contributed by atoms with Crippen molar-refractivity contribution in [3.05, 3.63) is 76.2 Å². The number of hydrogen-bond donors (Lipinski definition) is 0. The third kappa shape index (κ3) is 2.73. The summed E-state index contributed by atoms with van der Waals surface area (Å²) >= 11 is 1.51. The smallest absolute Gasteiger partial charge is 0.134 e. The molecule has 3 nitrogen and oxygen atoms in total. The van der Waals surface area contributed by atoms with Crippen LogP contribution in [0.4, 0.5) is 0 Å². The van der Waals surface area contributed by atoms with Gasteiger partial charge in [0.15, 0.2) is 0 Å². The number of benzene rings is 2. The number of nitrogens with zero attached hydrogens (tertiary/aromatic N) is 3. The highest BCUT2D eigenvalue weighted by atomic mass is 32.1. The van der Waals surface area contributed by atoms with Gasteiger partial charge in [0.05, 0.1) is 11.3 Å². The maximum Gasteiger partial charge on any atom is 0.134 e. The van der Waals surface area contributed by atoms with Crippen LogP contribution in [-0.2, 0) is 7.05 Å². The number of para-hydroxylation sites is 1. The maximum atomic E-state index is 9.73. The number of hydrogen-bond acceptors (Lipinski definition) is 3. The van der Waals surface area contributed by atoms with Crippen molar-refractivity contribution >= 4 is 33.9 Å². The van der Waals surface area contributed by atoms with Crippen LogP contribution in [-0.4, -0.2) is 9.55 Å². The first-order valence-electron chi connectivity index (χ1n) is 8.36. The first-order valence-corrected chi connectivity index (χ1v) is 9.24. The molecule has 4 aromatic rings. The zero-order chi connectivity index (χ0) is 18.1. The van der Waals surface area contributed by atoms with Crippen molar-refractivity contribution in [3.63, 3.8) is 0 Å². The lowest BCUT2D eigenvalue weighted by Gasteiger charge is -1.99. The highest BCUT2D eigenvalue weighted by Crippen LogP contribution is 2.31. The average molecular weight is 355 g/mol. The fraction of sp³-hybridized carbons (Fsp3) is 0.0909. The Hall–Kier alpha value is -3.16. The molecule has 0 radical (unpaired) electrons. The summed E-state index contributed by atoms with van der Waals surface area (Å²) in [6.45, 7) is 2.08. The summed E-state index contributed by atoms with van der Waals surface area (Å²) in [6.07, 6.45) is 1.96. The van der Waals surface area contributed by atoms with Gasteiger partial charge in [-0.05, 0) is 19.1 Å². The maximum absolute atomic E-state index is 9.73. The second kappa shape index (κ2) is 6.62. The van der Waals surface area contributed by atoms with E-state index in [-0.39, 0.29) is 0 Å². The summed E-state index contributed by atoms with van der Waals surface area (Å²) in [4.78, 5) is 4.69. The summed E-state index contributed by atoms with van der Waals surface area (Å²) in [7, 11) is 2.05. The standard InChI is InChI=1S/C22H17N3S/c1-15-19(18-10-6-7-11-21(18)25(15)2)12-17(13-23)22-24-20(14-26-22)16-8-4-3-5-9-16/h3-12,14H,1-2H3/b17-12-. The molecular formula is C22H17N3S. The molecule has 0 saturated carbocycles. The minimum atomic E-state index is 0.594. The molecule has 26 heavy (non-hydrogen) atoms. The van der Waals surface area contributed by atoms with E-state index in [1.165, 1.54) is 11.3 Å². The van der Waals surface area contributed by atoms with Crippen molar-refractivity contribution in [1.82, 2.24) is 9.55 Å². The van der Waals surface area contributed by atoms with E-state index in [2.05, 4.69) is 41.7 Å². The molecule has 0 amide bonds. The molecule has 0 spiro atoms. The lowest BCUT2D eigenvalue weighted by Crippen LogP contribution is -1.90. The van der Waals surface area contributed by atoms with Gasteiger partial charge in [-0.15, -0.1) is 11.3 Å². The fourth-order valence-electron chi connectivity index (χ4n) is 3.16. The van der Waals surface area contributed by atoms with Crippen molar-refractivity contribution in [1.29, 1.82) is 5.26 Å². The number of nitriles is 1. The lowest BCUT2D eigenvalue weighted by atomic mass is 10.1. The summed E-state index contributed by atoms with van der Waals surface area (Å²) in [5.41, 5.74) is 5.94. The summed E-state index contributed by atoms with van der Waals surface area (Å²) in [5.74, 6) is 0. The van der Waals surface area contributed by atoms with E-state index < -0.39 is 0 Å². The topological polar surface area (TPSA) is 41.6 Å². The Balaban J connectivity index is 1.81. The van der Waals surface area contributed by atoms with E-state index in [4.69, 9.17) is 0 Å². The first kappa shape index (κ1) is 16.3. The molecule has 0 saturated heterocycles. The van der Waals surface area contributed by atoms with Crippen LogP contribution in [0, 0.1) is 18.3 Å². The molecule has 4 heteroatoms. The zero-order valence-corrected chi connectivity index (χ0v) is 15.4. The molecule has 2 aromatic heterocycles. The summed E-state index contributed by atoms with van der Waals surface area (Å²) in [5, 5.41) is 13.6. The monoisotopic (exact) mass is 355 g/mol. The lowest BCUT2D eigenvalue weighted by molar-refractivity contribution is 0.916. The van der Waals surface area contributed by atoms with Crippen LogP contribution in [0.5, 0.6) is 0 Å². The fourth-order valence-corrected chi connectivity index (χ4v) is 3.95. The Kier molecular flexibility index (Phi) is 4.16. The predicted octanol–water partition coefficient (Wildman–Crippen LogP) is 5.67. The van der Waals surface area contributed by atoms with Gasteiger partial charge in [0, 0.05) is 40.2 Å². The van der Waals surface area contributed by atoms with Crippen LogP contribution in [0.25, 0.3) is 33.8 Å². The Morgan fingerprint density at radius 3 is 2.62 bits per heavy atom. The number of thiazole rings is 1. The van der Waals surface area contributed by atoms with Gasteiger partial charge in [-0.1, -0.05) is 48.5 Å². The van der Waals surface area contributed by atoms with E-state index in [0.717, 1.165) is 38.4 Å². The van der Waals surface area contributed by atoms with E-state index in [0.29, 0.717) is 5.57 Å². The Labute approximate surface area is 156 Å². The van der Waals surface area contributed by atoms with Crippen molar-refractivity contribution < 1.29 is 0 Å². The van der Waals surface area contributed by atoms with Crippen LogP contribution < -0.4 is 0 Å². The van der Waals surface area contributed by atoms with Crippen molar-refractivity contribution in [2.24, 2.45) is 7.05 Å². The van der Waals surface area contributed by atoms with E-state index >= 15 is 0 Å². The quantitative estimate of drug-likeness (QED) is 0.444.